The summed E-state index contributed by atoms with van der Waals surface area (Å²) in [7, 11) is 0. The largest absolute Gasteiger partial charge is 0.481 e. The van der Waals surface area contributed by atoms with E-state index >= 15 is 0 Å². The highest BCUT2D eigenvalue weighted by atomic mass is 35.5. The van der Waals surface area contributed by atoms with E-state index < -0.39 is 6.10 Å². The lowest BCUT2D eigenvalue weighted by atomic mass is 10.0. The van der Waals surface area contributed by atoms with E-state index in [1.54, 1.807) is 25.1 Å². The summed E-state index contributed by atoms with van der Waals surface area (Å²) in [5.74, 6) is 0.283. The van der Waals surface area contributed by atoms with Crippen molar-refractivity contribution >= 4 is 34.8 Å². The molecule has 1 atom stereocenters. The molecule has 5 heteroatoms. The highest BCUT2D eigenvalue weighted by molar-refractivity contribution is 6.42. The van der Waals surface area contributed by atoms with Crippen molar-refractivity contribution in [1.82, 2.24) is 0 Å². The first-order valence-corrected chi connectivity index (χ1v) is 8.04. The van der Waals surface area contributed by atoms with Crippen molar-refractivity contribution in [3.8, 4) is 5.75 Å². The third-order valence-corrected chi connectivity index (χ3v) is 4.24. The summed E-state index contributed by atoms with van der Waals surface area (Å²) < 4.78 is 5.63. The number of amides is 1. The smallest absolute Gasteiger partial charge is 0.265 e. The van der Waals surface area contributed by atoms with E-state index in [-0.39, 0.29) is 5.91 Å². The molecule has 2 rings (SSSR count). The Morgan fingerprint density at radius 2 is 1.65 bits per heavy atom. The number of hydrogen-bond acceptors (Lipinski definition) is 2. The number of carbonyl (C=O) groups excluding carboxylic acids is 1. The second-order valence-electron chi connectivity index (χ2n) is 5.60. The first-order valence-electron chi connectivity index (χ1n) is 7.28. The van der Waals surface area contributed by atoms with Gasteiger partial charge in [-0.1, -0.05) is 40.9 Å². The summed E-state index contributed by atoms with van der Waals surface area (Å²) in [5.41, 5.74) is 4.04. The minimum atomic E-state index is -0.660. The van der Waals surface area contributed by atoms with Crippen LogP contribution in [0.5, 0.6) is 5.75 Å². The Bertz CT molecular complexity index is 721. The van der Waals surface area contributed by atoms with Gasteiger partial charge in [0.25, 0.3) is 5.91 Å². The molecule has 0 bridgehead atoms. The maximum atomic E-state index is 12.4. The summed E-state index contributed by atoms with van der Waals surface area (Å²) in [6.07, 6.45) is -0.660. The van der Waals surface area contributed by atoms with Gasteiger partial charge in [0, 0.05) is 11.8 Å². The predicted molar refractivity (Wildman–Crippen MR) is 95.8 cm³/mol. The Morgan fingerprint density at radius 3 is 2.22 bits per heavy atom. The topological polar surface area (TPSA) is 38.3 Å². The van der Waals surface area contributed by atoms with Gasteiger partial charge in [-0.05, 0) is 51.0 Å². The molecule has 0 aliphatic heterocycles. The number of halogens is 2. The molecule has 0 aliphatic carbocycles. The van der Waals surface area contributed by atoms with Gasteiger partial charge in [-0.15, -0.1) is 0 Å². The highest BCUT2D eigenvalue weighted by Gasteiger charge is 2.17. The molecule has 122 valence electrons. The molecular weight excluding hydrogens is 333 g/mol. The van der Waals surface area contributed by atoms with E-state index in [9.17, 15) is 4.79 Å². The van der Waals surface area contributed by atoms with Crippen molar-refractivity contribution in [2.75, 3.05) is 5.32 Å². The first kappa shape index (κ1) is 17.6. The van der Waals surface area contributed by atoms with E-state index in [2.05, 4.69) is 5.32 Å². The SMILES string of the molecule is Cc1cc(C)c(NC(=O)[C@H](C)Oc2ccc(Cl)c(Cl)c2)c(C)c1. The highest BCUT2D eigenvalue weighted by Crippen LogP contribution is 2.27. The zero-order valence-corrected chi connectivity index (χ0v) is 15.0. The van der Waals surface area contributed by atoms with Crippen molar-refractivity contribution in [2.45, 2.75) is 33.8 Å². The summed E-state index contributed by atoms with van der Waals surface area (Å²) in [4.78, 5) is 12.4. The molecule has 0 radical (unpaired) electrons. The van der Waals surface area contributed by atoms with E-state index in [0.717, 1.165) is 22.4 Å². The number of hydrogen-bond donors (Lipinski definition) is 1. The van der Waals surface area contributed by atoms with Crippen molar-refractivity contribution in [2.24, 2.45) is 0 Å². The minimum Gasteiger partial charge on any atom is -0.481 e. The average Bonchev–Trinajstić information content (AvgIpc) is 2.46. The van der Waals surface area contributed by atoms with E-state index in [1.165, 1.54) is 0 Å². The third kappa shape index (κ3) is 4.40. The Labute approximate surface area is 146 Å². The van der Waals surface area contributed by atoms with Crippen LogP contribution in [0.3, 0.4) is 0 Å². The number of nitrogens with one attached hydrogen (secondary N) is 1. The fourth-order valence-corrected chi connectivity index (χ4v) is 2.70. The molecule has 0 heterocycles. The van der Waals surface area contributed by atoms with Gasteiger partial charge in [0.05, 0.1) is 10.0 Å². The Hall–Kier alpha value is -1.71. The minimum absolute atomic E-state index is 0.217. The van der Waals surface area contributed by atoms with Crippen molar-refractivity contribution in [3.63, 3.8) is 0 Å². The van der Waals surface area contributed by atoms with Crippen LogP contribution in [0.2, 0.25) is 10.0 Å². The van der Waals surface area contributed by atoms with E-state index in [4.69, 9.17) is 27.9 Å². The van der Waals surface area contributed by atoms with Gasteiger partial charge in [0.2, 0.25) is 0 Å². The molecule has 23 heavy (non-hydrogen) atoms. The first-order chi connectivity index (χ1) is 10.8. The monoisotopic (exact) mass is 351 g/mol. The molecule has 0 saturated carbocycles. The molecule has 0 aromatic heterocycles. The quantitative estimate of drug-likeness (QED) is 0.808. The van der Waals surface area contributed by atoms with Gasteiger partial charge in [-0.25, -0.2) is 0 Å². The molecule has 0 saturated heterocycles. The maximum Gasteiger partial charge on any atom is 0.265 e. The van der Waals surface area contributed by atoms with Gasteiger partial charge >= 0.3 is 0 Å². The number of benzene rings is 2. The molecule has 0 spiro atoms. The van der Waals surface area contributed by atoms with Crippen LogP contribution < -0.4 is 10.1 Å². The molecule has 1 N–H and O–H groups in total. The number of carbonyl (C=O) groups is 1. The van der Waals surface area contributed by atoms with Gasteiger partial charge in [-0.3, -0.25) is 4.79 Å². The summed E-state index contributed by atoms with van der Waals surface area (Å²) >= 11 is 11.8. The second kappa shape index (κ2) is 7.24. The normalized spacial score (nSPS) is 11.9. The fourth-order valence-electron chi connectivity index (χ4n) is 2.41. The van der Waals surface area contributed by atoms with Crippen LogP contribution in [-0.4, -0.2) is 12.0 Å². The van der Waals surface area contributed by atoms with E-state index in [1.807, 2.05) is 32.9 Å². The Kier molecular flexibility index (Phi) is 5.55. The number of anilines is 1. The molecule has 2 aromatic rings. The summed E-state index contributed by atoms with van der Waals surface area (Å²) in [6, 6.07) is 8.98. The Balaban J connectivity index is 2.10. The third-order valence-electron chi connectivity index (χ3n) is 3.50. The van der Waals surface area contributed by atoms with Crippen LogP contribution >= 0.6 is 23.2 Å². The molecular formula is C18H19Cl2NO2. The standard InChI is InChI=1S/C18H19Cl2NO2/c1-10-7-11(2)17(12(3)8-10)21-18(22)13(4)23-14-5-6-15(19)16(20)9-14/h5-9,13H,1-4H3,(H,21,22)/t13-/m0/s1. The zero-order chi connectivity index (χ0) is 17.1. The van der Waals surface area contributed by atoms with Gasteiger partial charge < -0.3 is 10.1 Å². The van der Waals surface area contributed by atoms with Gasteiger partial charge in [0.15, 0.2) is 6.10 Å². The molecule has 0 unspecified atom stereocenters. The van der Waals surface area contributed by atoms with Crippen LogP contribution in [0.15, 0.2) is 30.3 Å². The molecule has 1 amide bonds. The number of aryl methyl sites for hydroxylation is 3. The van der Waals surface area contributed by atoms with Gasteiger partial charge in [0.1, 0.15) is 5.75 Å². The fraction of sp³-hybridized carbons (Fsp3) is 0.278. The van der Waals surface area contributed by atoms with Crippen molar-refractivity contribution in [1.29, 1.82) is 0 Å². The average molecular weight is 352 g/mol. The van der Waals surface area contributed by atoms with Gasteiger partial charge in [-0.2, -0.15) is 0 Å². The summed E-state index contributed by atoms with van der Waals surface area (Å²) in [6.45, 7) is 7.67. The maximum absolute atomic E-state index is 12.4. The lowest BCUT2D eigenvalue weighted by Crippen LogP contribution is -2.30. The van der Waals surface area contributed by atoms with Crippen LogP contribution in [-0.2, 0) is 4.79 Å². The molecule has 0 fully saturated rings. The molecule has 2 aromatic carbocycles. The number of ether oxygens (including phenoxy) is 1. The Morgan fingerprint density at radius 1 is 1.04 bits per heavy atom. The van der Waals surface area contributed by atoms with Crippen molar-refractivity contribution in [3.05, 3.63) is 57.1 Å². The zero-order valence-electron chi connectivity index (χ0n) is 13.5. The van der Waals surface area contributed by atoms with E-state index in [0.29, 0.717) is 15.8 Å². The van der Waals surface area contributed by atoms with Crippen LogP contribution in [0.1, 0.15) is 23.6 Å². The number of rotatable bonds is 4. The lowest BCUT2D eigenvalue weighted by Gasteiger charge is -2.18. The molecule has 3 nitrogen and oxygen atoms in total. The molecule has 0 aliphatic rings. The van der Waals surface area contributed by atoms with Crippen LogP contribution in [0, 0.1) is 20.8 Å². The lowest BCUT2D eigenvalue weighted by molar-refractivity contribution is -0.122. The van der Waals surface area contributed by atoms with Crippen LogP contribution in [0.25, 0.3) is 0 Å². The van der Waals surface area contributed by atoms with Crippen LogP contribution in [0.4, 0.5) is 5.69 Å². The van der Waals surface area contributed by atoms with Crippen molar-refractivity contribution < 1.29 is 9.53 Å². The predicted octanol–water partition coefficient (Wildman–Crippen LogP) is 5.32. The second-order valence-corrected chi connectivity index (χ2v) is 6.41. The summed E-state index contributed by atoms with van der Waals surface area (Å²) in [5, 5.41) is 3.77.